The highest BCUT2D eigenvalue weighted by atomic mass is 79.9. The Labute approximate surface area is 128 Å². The van der Waals surface area contributed by atoms with E-state index in [9.17, 15) is 9.59 Å². The maximum atomic E-state index is 12.2. The van der Waals surface area contributed by atoms with E-state index in [1.54, 1.807) is 12.1 Å². The maximum Gasteiger partial charge on any atom is 0.328 e. The highest BCUT2D eigenvalue weighted by Crippen LogP contribution is 2.17. The van der Waals surface area contributed by atoms with Crippen molar-refractivity contribution in [3.63, 3.8) is 0 Å². The zero-order chi connectivity index (χ0) is 15.1. The Morgan fingerprint density at radius 2 is 2.10 bits per heavy atom. The Bertz CT molecular complexity index is 488. The zero-order valence-corrected chi connectivity index (χ0v) is 13.6. The molecule has 0 aliphatic heterocycles. The molecule has 110 valence electrons. The van der Waals surface area contributed by atoms with Gasteiger partial charge in [0.05, 0.1) is 7.11 Å². The van der Waals surface area contributed by atoms with E-state index < -0.39 is 12.0 Å². The number of carbonyl (C=O) groups excluding carboxylic acids is 2. The van der Waals surface area contributed by atoms with Crippen molar-refractivity contribution < 1.29 is 14.3 Å². The van der Waals surface area contributed by atoms with Crippen LogP contribution in [0.2, 0.25) is 0 Å². The van der Waals surface area contributed by atoms with Crippen molar-refractivity contribution in [2.45, 2.75) is 39.2 Å². The zero-order valence-electron chi connectivity index (χ0n) is 12.0. The summed E-state index contributed by atoms with van der Waals surface area (Å²) in [4.78, 5) is 23.8. The molecule has 0 spiro atoms. The summed E-state index contributed by atoms with van der Waals surface area (Å²) in [5.74, 6) is -0.660. The maximum absolute atomic E-state index is 12.2. The van der Waals surface area contributed by atoms with Gasteiger partial charge in [-0.05, 0) is 37.1 Å². The number of esters is 1. The summed E-state index contributed by atoms with van der Waals surface area (Å²) in [5.41, 5.74) is 1.51. The van der Waals surface area contributed by atoms with Gasteiger partial charge in [-0.15, -0.1) is 0 Å². The molecule has 0 radical (unpaired) electrons. The summed E-state index contributed by atoms with van der Waals surface area (Å²) < 4.78 is 5.68. The Morgan fingerprint density at radius 3 is 2.65 bits per heavy atom. The van der Waals surface area contributed by atoms with Gasteiger partial charge >= 0.3 is 5.97 Å². The number of rotatable bonds is 6. The number of benzene rings is 1. The van der Waals surface area contributed by atoms with Gasteiger partial charge in [-0.2, -0.15) is 0 Å². The number of amides is 1. The van der Waals surface area contributed by atoms with Crippen molar-refractivity contribution in [2.75, 3.05) is 7.11 Å². The van der Waals surface area contributed by atoms with Crippen LogP contribution in [0.4, 0.5) is 0 Å². The molecule has 0 heterocycles. The molecule has 0 aliphatic rings. The minimum atomic E-state index is -0.587. The molecule has 0 bridgehead atoms. The molecule has 1 aromatic carbocycles. The van der Waals surface area contributed by atoms with Crippen molar-refractivity contribution in [1.29, 1.82) is 0 Å². The smallest absolute Gasteiger partial charge is 0.328 e. The number of hydrogen-bond acceptors (Lipinski definition) is 3. The van der Waals surface area contributed by atoms with Gasteiger partial charge in [-0.25, -0.2) is 4.79 Å². The highest BCUT2D eigenvalue weighted by molar-refractivity contribution is 9.10. The van der Waals surface area contributed by atoms with Crippen molar-refractivity contribution in [1.82, 2.24) is 5.32 Å². The van der Waals surface area contributed by atoms with Crippen molar-refractivity contribution >= 4 is 27.8 Å². The molecule has 0 aromatic heterocycles. The summed E-state index contributed by atoms with van der Waals surface area (Å²) in [6, 6.07) is 4.74. The summed E-state index contributed by atoms with van der Waals surface area (Å²) >= 11 is 3.39. The average Bonchev–Trinajstić information content (AvgIpc) is 2.45. The first-order valence-electron chi connectivity index (χ1n) is 6.64. The summed E-state index contributed by atoms with van der Waals surface area (Å²) in [5, 5.41) is 2.74. The summed E-state index contributed by atoms with van der Waals surface area (Å²) in [6.45, 7) is 3.95. The van der Waals surface area contributed by atoms with Crippen LogP contribution >= 0.6 is 15.9 Å². The molecule has 20 heavy (non-hydrogen) atoms. The van der Waals surface area contributed by atoms with Crippen LogP contribution in [0.15, 0.2) is 22.7 Å². The molecule has 1 rings (SSSR count). The molecule has 5 heteroatoms. The number of halogens is 1. The second kappa shape index (κ2) is 8.04. The van der Waals surface area contributed by atoms with Gasteiger partial charge in [0.25, 0.3) is 5.91 Å². The van der Waals surface area contributed by atoms with Gasteiger partial charge in [0.15, 0.2) is 0 Å². The topological polar surface area (TPSA) is 55.4 Å². The van der Waals surface area contributed by atoms with E-state index in [-0.39, 0.29) is 5.91 Å². The fourth-order valence-electron chi connectivity index (χ4n) is 1.83. The molecule has 1 aromatic rings. The van der Waals surface area contributed by atoms with Crippen molar-refractivity contribution in [3.8, 4) is 0 Å². The largest absolute Gasteiger partial charge is 0.467 e. The first-order chi connectivity index (χ1) is 9.49. The van der Waals surface area contributed by atoms with Crippen LogP contribution in [-0.2, 0) is 9.53 Å². The van der Waals surface area contributed by atoms with Gasteiger partial charge in [-0.1, -0.05) is 35.7 Å². The molecular formula is C15H20BrNO3. The second-order valence-electron chi connectivity index (χ2n) is 4.66. The lowest BCUT2D eigenvalue weighted by Crippen LogP contribution is -2.41. The predicted molar refractivity (Wildman–Crippen MR) is 81.7 cm³/mol. The number of ether oxygens (including phenoxy) is 1. The fourth-order valence-corrected chi connectivity index (χ4v) is 2.07. The first-order valence-corrected chi connectivity index (χ1v) is 7.43. The van der Waals surface area contributed by atoms with Gasteiger partial charge in [-0.3, -0.25) is 4.79 Å². The highest BCUT2D eigenvalue weighted by Gasteiger charge is 2.21. The minimum Gasteiger partial charge on any atom is -0.467 e. The SMILES string of the molecule is CCCC[C@H](NC(=O)c1ccc(Br)c(C)c1)C(=O)OC. The van der Waals surface area contributed by atoms with Gasteiger partial charge < -0.3 is 10.1 Å². The lowest BCUT2D eigenvalue weighted by molar-refractivity contribution is -0.143. The lowest BCUT2D eigenvalue weighted by atomic mass is 10.1. The third-order valence-corrected chi connectivity index (χ3v) is 3.95. The second-order valence-corrected chi connectivity index (χ2v) is 5.51. The molecule has 1 N–H and O–H groups in total. The number of carbonyl (C=O) groups is 2. The van der Waals surface area contributed by atoms with Crippen molar-refractivity contribution in [3.05, 3.63) is 33.8 Å². The summed E-state index contributed by atoms with van der Waals surface area (Å²) in [7, 11) is 1.33. The third kappa shape index (κ3) is 4.63. The Hall–Kier alpha value is -1.36. The van der Waals surface area contributed by atoms with Crippen molar-refractivity contribution in [2.24, 2.45) is 0 Å². The van der Waals surface area contributed by atoms with Crippen LogP contribution < -0.4 is 5.32 Å². The minimum absolute atomic E-state index is 0.257. The van der Waals surface area contributed by atoms with E-state index >= 15 is 0 Å². The Kier molecular flexibility index (Phi) is 6.71. The standard InChI is InChI=1S/C15H20BrNO3/c1-4-5-6-13(15(19)20-3)17-14(18)11-7-8-12(16)10(2)9-11/h7-9,13H,4-6H2,1-3H3,(H,17,18)/t13-/m0/s1. The van der Waals surface area contributed by atoms with Crippen LogP contribution in [0.3, 0.4) is 0 Å². The van der Waals surface area contributed by atoms with E-state index in [1.165, 1.54) is 7.11 Å². The van der Waals surface area contributed by atoms with E-state index in [4.69, 9.17) is 4.74 Å². The van der Waals surface area contributed by atoms with Crippen LogP contribution in [0.25, 0.3) is 0 Å². The van der Waals surface area contributed by atoms with E-state index in [0.717, 1.165) is 22.9 Å². The molecule has 0 saturated heterocycles. The number of unbranched alkanes of at least 4 members (excludes halogenated alkanes) is 1. The Morgan fingerprint density at radius 1 is 1.40 bits per heavy atom. The predicted octanol–water partition coefficient (Wildman–Crippen LogP) is 3.22. The van der Waals surface area contributed by atoms with Crippen LogP contribution in [0.5, 0.6) is 0 Å². The molecule has 0 unspecified atom stereocenters. The van der Waals surface area contributed by atoms with Crippen LogP contribution in [0, 0.1) is 6.92 Å². The number of methoxy groups -OCH3 is 1. The lowest BCUT2D eigenvalue weighted by Gasteiger charge is -2.16. The van der Waals surface area contributed by atoms with E-state index in [1.807, 2.05) is 19.9 Å². The van der Waals surface area contributed by atoms with Gasteiger partial charge in [0, 0.05) is 10.0 Å². The van der Waals surface area contributed by atoms with Gasteiger partial charge in [0.1, 0.15) is 6.04 Å². The molecule has 1 atom stereocenters. The van der Waals surface area contributed by atoms with Crippen LogP contribution in [-0.4, -0.2) is 25.0 Å². The number of nitrogens with one attached hydrogen (secondary N) is 1. The molecule has 1 amide bonds. The van der Waals surface area contributed by atoms with E-state index in [2.05, 4.69) is 21.2 Å². The fraction of sp³-hybridized carbons (Fsp3) is 0.467. The molecule has 0 aliphatic carbocycles. The molecular weight excluding hydrogens is 322 g/mol. The number of hydrogen-bond donors (Lipinski definition) is 1. The quantitative estimate of drug-likeness (QED) is 0.808. The third-order valence-electron chi connectivity index (χ3n) is 3.06. The molecule has 0 saturated carbocycles. The van der Waals surface area contributed by atoms with Crippen LogP contribution in [0.1, 0.15) is 42.1 Å². The molecule has 4 nitrogen and oxygen atoms in total. The van der Waals surface area contributed by atoms with Gasteiger partial charge in [0.2, 0.25) is 0 Å². The van der Waals surface area contributed by atoms with E-state index in [0.29, 0.717) is 12.0 Å². The Balaban J connectivity index is 2.78. The monoisotopic (exact) mass is 341 g/mol. The first kappa shape index (κ1) is 16.7. The average molecular weight is 342 g/mol. The normalized spacial score (nSPS) is 11.8. The molecule has 0 fully saturated rings. The summed E-state index contributed by atoms with van der Waals surface area (Å²) in [6.07, 6.45) is 2.41. The number of aryl methyl sites for hydroxylation is 1.